The molecule has 0 unspecified atom stereocenters. The van der Waals surface area contributed by atoms with Gasteiger partial charge in [-0.05, 0) is 36.2 Å². The number of carbonyl (C=O) groups excluding carboxylic acids is 1. The Hall–Kier alpha value is -2.25. The minimum absolute atomic E-state index is 0.0629. The Morgan fingerprint density at radius 2 is 2.15 bits per heavy atom. The van der Waals surface area contributed by atoms with Crippen molar-refractivity contribution in [3.8, 4) is 0 Å². The lowest BCUT2D eigenvalue weighted by atomic mass is 10.1. The van der Waals surface area contributed by atoms with Crippen molar-refractivity contribution in [1.82, 2.24) is 15.1 Å². The summed E-state index contributed by atoms with van der Waals surface area (Å²) < 4.78 is 0. The molecule has 1 aliphatic heterocycles. The zero-order valence-electron chi connectivity index (χ0n) is 15.7. The molecule has 0 bridgehead atoms. The molecule has 1 aromatic carbocycles. The first-order chi connectivity index (χ1) is 13.0. The summed E-state index contributed by atoms with van der Waals surface area (Å²) >= 11 is 2.83. The number of aromatic nitrogens is 2. The van der Waals surface area contributed by atoms with Crippen molar-refractivity contribution in [2.24, 2.45) is 10.9 Å². The van der Waals surface area contributed by atoms with E-state index in [4.69, 9.17) is 0 Å². The first kappa shape index (κ1) is 19.5. The molecule has 1 amide bonds. The van der Waals surface area contributed by atoms with E-state index in [0.717, 1.165) is 22.6 Å². The van der Waals surface area contributed by atoms with Crippen molar-refractivity contribution in [2.45, 2.75) is 27.2 Å². The zero-order valence-corrected chi connectivity index (χ0v) is 17.3. The Morgan fingerprint density at radius 1 is 1.33 bits per heavy atom. The molecule has 1 fully saturated rings. The minimum Gasteiger partial charge on any atom is -0.282 e. The van der Waals surface area contributed by atoms with Gasteiger partial charge in [0.05, 0.1) is 4.91 Å². The van der Waals surface area contributed by atoms with E-state index in [2.05, 4.69) is 41.7 Å². The Kier molecular flexibility index (Phi) is 6.23. The molecule has 27 heavy (non-hydrogen) atoms. The molecule has 2 aromatic rings. The summed E-state index contributed by atoms with van der Waals surface area (Å²) in [5, 5.41) is 10.5. The largest absolute Gasteiger partial charge is 0.282 e. The highest BCUT2D eigenvalue weighted by Crippen LogP contribution is 2.34. The van der Waals surface area contributed by atoms with E-state index in [-0.39, 0.29) is 5.91 Å². The van der Waals surface area contributed by atoms with Gasteiger partial charge >= 0.3 is 0 Å². The molecule has 0 atom stereocenters. The fourth-order valence-corrected chi connectivity index (χ4v) is 4.57. The fourth-order valence-electron chi connectivity index (χ4n) is 2.60. The standard InChI is InChI=1S/C20H22N4OS2/c1-5-9-24-18(25)16(12-15-8-6-7-14(4)11-15)26-20(24)21-19-23-22-17(27-19)10-13(2)3/h5-8,11-13H,1,9-10H2,2-4H3/b16-12+,21-20?. The molecular formula is C20H22N4OS2. The summed E-state index contributed by atoms with van der Waals surface area (Å²) in [7, 11) is 0. The third-order valence-corrected chi connectivity index (χ3v) is 5.62. The molecular weight excluding hydrogens is 376 g/mol. The summed E-state index contributed by atoms with van der Waals surface area (Å²) in [5.41, 5.74) is 2.16. The molecule has 1 aromatic heterocycles. The minimum atomic E-state index is -0.0629. The van der Waals surface area contributed by atoms with Crippen LogP contribution in [-0.4, -0.2) is 32.7 Å². The van der Waals surface area contributed by atoms with Crippen LogP contribution in [0.15, 0.2) is 46.8 Å². The summed E-state index contributed by atoms with van der Waals surface area (Å²) in [6.45, 7) is 10.5. The third kappa shape index (κ3) is 4.93. The topological polar surface area (TPSA) is 58.5 Å². The van der Waals surface area contributed by atoms with Crippen LogP contribution in [0.1, 0.15) is 30.0 Å². The van der Waals surface area contributed by atoms with Gasteiger partial charge in [-0.25, -0.2) is 0 Å². The summed E-state index contributed by atoms with van der Waals surface area (Å²) in [6, 6.07) is 8.06. The van der Waals surface area contributed by atoms with E-state index < -0.39 is 0 Å². The van der Waals surface area contributed by atoms with Crippen LogP contribution in [0.3, 0.4) is 0 Å². The van der Waals surface area contributed by atoms with E-state index in [1.807, 2.05) is 31.2 Å². The normalized spacial score (nSPS) is 17.5. The Balaban J connectivity index is 1.89. The zero-order chi connectivity index (χ0) is 19.4. The monoisotopic (exact) mass is 398 g/mol. The first-order valence-corrected chi connectivity index (χ1v) is 10.4. The Bertz CT molecular complexity index is 914. The average Bonchev–Trinajstić information content (AvgIpc) is 3.14. The molecule has 1 saturated heterocycles. The lowest BCUT2D eigenvalue weighted by molar-refractivity contribution is -0.121. The summed E-state index contributed by atoms with van der Waals surface area (Å²) in [5.74, 6) is 0.453. The van der Waals surface area contributed by atoms with Crippen LogP contribution in [0.5, 0.6) is 0 Å². The van der Waals surface area contributed by atoms with Gasteiger partial charge in [0.25, 0.3) is 5.91 Å². The van der Waals surface area contributed by atoms with Gasteiger partial charge in [-0.2, -0.15) is 4.99 Å². The predicted octanol–water partition coefficient (Wildman–Crippen LogP) is 4.84. The number of amidine groups is 1. The number of nitrogens with zero attached hydrogens (tertiary/aromatic N) is 4. The second-order valence-electron chi connectivity index (χ2n) is 6.70. The van der Waals surface area contributed by atoms with Crippen LogP contribution in [0.2, 0.25) is 0 Å². The highest BCUT2D eigenvalue weighted by atomic mass is 32.2. The van der Waals surface area contributed by atoms with Gasteiger partial charge in [-0.15, -0.1) is 16.8 Å². The smallest absolute Gasteiger partial charge is 0.267 e. The van der Waals surface area contributed by atoms with Crippen molar-refractivity contribution in [1.29, 1.82) is 0 Å². The molecule has 140 valence electrons. The maximum Gasteiger partial charge on any atom is 0.267 e. The van der Waals surface area contributed by atoms with Crippen LogP contribution < -0.4 is 0 Å². The second kappa shape index (κ2) is 8.63. The Morgan fingerprint density at radius 3 is 2.85 bits per heavy atom. The molecule has 0 spiro atoms. The van der Waals surface area contributed by atoms with Gasteiger partial charge in [-0.1, -0.05) is 61.1 Å². The van der Waals surface area contributed by atoms with E-state index in [9.17, 15) is 4.79 Å². The fraction of sp³-hybridized carbons (Fsp3) is 0.300. The van der Waals surface area contributed by atoms with Crippen molar-refractivity contribution in [2.75, 3.05) is 6.54 Å². The molecule has 3 rings (SSSR count). The highest BCUT2D eigenvalue weighted by molar-refractivity contribution is 8.18. The highest BCUT2D eigenvalue weighted by Gasteiger charge is 2.33. The predicted molar refractivity (Wildman–Crippen MR) is 114 cm³/mol. The van der Waals surface area contributed by atoms with Crippen molar-refractivity contribution >= 4 is 45.4 Å². The average molecular weight is 399 g/mol. The lowest BCUT2D eigenvalue weighted by Gasteiger charge is -2.11. The van der Waals surface area contributed by atoms with E-state index in [1.54, 1.807) is 11.0 Å². The van der Waals surface area contributed by atoms with Crippen LogP contribution >= 0.6 is 23.1 Å². The number of benzene rings is 1. The molecule has 7 heteroatoms. The SMILES string of the molecule is C=CCN1C(=O)/C(=C\c2cccc(C)c2)SC1=Nc1nnc(CC(C)C)s1. The van der Waals surface area contributed by atoms with Gasteiger partial charge in [0.15, 0.2) is 5.17 Å². The first-order valence-electron chi connectivity index (χ1n) is 8.76. The molecule has 0 aliphatic carbocycles. The number of hydrogen-bond acceptors (Lipinski definition) is 6. The molecule has 1 aliphatic rings. The number of carbonyl (C=O) groups is 1. The summed E-state index contributed by atoms with van der Waals surface area (Å²) in [6.07, 6.45) is 4.49. The lowest BCUT2D eigenvalue weighted by Crippen LogP contribution is -2.29. The molecule has 0 radical (unpaired) electrons. The van der Waals surface area contributed by atoms with E-state index in [1.165, 1.54) is 23.1 Å². The van der Waals surface area contributed by atoms with E-state index >= 15 is 0 Å². The van der Waals surface area contributed by atoms with Gasteiger partial charge in [0, 0.05) is 13.0 Å². The number of thioether (sulfide) groups is 1. The van der Waals surface area contributed by atoms with Crippen molar-refractivity contribution < 1.29 is 4.79 Å². The number of aryl methyl sites for hydroxylation is 1. The molecule has 0 N–H and O–H groups in total. The second-order valence-corrected chi connectivity index (χ2v) is 8.75. The quantitative estimate of drug-likeness (QED) is 0.516. The molecule has 2 heterocycles. The van der Waals surface area contributed by atoms with Gasteiger partial charge in [0.2, 0.25) is 5.13 Å². The molecule has 0 saturated carbocycles. The van der Waals surface area contributed by atoms with Crippen LogP contribution in [0.25, 0.3) is 6.08 Å². The van der Waals surface area contributed by atoms with E-state index in [0.29, 0.717) is 27.7 Å². The maximum absolute atomic E-state index is 12.8. The third-order valence-electron chi connectivity index (χ3n) is 3.77. The van der Waals surface area contributed by atoms with Gasteiger partial charge in [0.1, 0.15) is 5.01 Å². The Labute approximate surface area is 167 Å². The van der Waals surface area contributed by atoms with Crippen molar-refractivity contribution in [3.05, 3.63) is 58.0 Å². The van der Waals surface area contributed by atoms with Gasteiger partial charge < -0.3 is 0 Å². The molecule has 5 nitrogen and oxygen atoms in total. The summed E-state index contributed by atoms with van der Waals surface area (Å²) in [4.78, 5) is 19.7. The van der Waals surface area contributed by atoms with Crippen molar-refractivity contribution in [3.63, 3.8) is 0 Å². The van der Waals surface area contributed by atoms with Crippen LogP contribution in [0, 0.1) is 12.8 Å². The van der Waals surface area contributed by atoms with Gasteiger partial charge in [-0.3, -0.25) is 9.69 Å². The number of amides is 1. The number of hydrogen-bond donors (Lipinski definition) is 0. The maximum atomic E-state index is 12.8. The van der Waals surface area contributed by atoms with Crippen LogP contribution in [-0.2, 0) is 11.2 Å². The number of aliphatic imine (C=N–C) groups is 1. The van der Waals surface area contributed by atoms with Crippen LogP contribution in [0.4, 0.5) is 5.13 Å². The number of rotatable bonds is 6.